The van der Waals surface area contributed by atoms with Crippen molar-refractivity contribution in [1.82, 2.24) is 9.88 Å². The minimum Gasteiger partial charge on any atom is -0.482 e. The second kappa shape index (κ2) is 7.63. The number of cyclic esters (lactones) is 1. The van der Waals surface area contributed by atoms with Gasteiger partial charge in [0.2, 0.25) is 0 Å². The highest BCUT2D eigenvalue weighted by Gasteiger charge is 2.33. The zero-order chi connectivity index (χ0) is 22.5. The lowest BCUT2D eigenvalue weighted by Crippen LogP contribution is -2.33. The van der Waals surface area contributed by atoms with Gasteiger partial charge in [-0.1, -0.05) is 18.2 Å². The molecule has 0 saturated carbocycles. The van der Waals surface area contributed by atoms with Crippen molar-refractivity contribution in [3.05, 3.63) is 64.4 Å². The number of anilines is 2. The number of aromatic nitrogens is 1. The van der Waals surface area contributed by atoms with Crippen LogP contribution in [-0.2, 0) is 16.1 Å². The van der Waals surface area contributed by atoms with E-state index in [1.165, 1.54) is 5.56 Å². The fourth-order valence-electron chi connectivity index (χ4n) is 4.89. The van der Waals surface area contributed by atoms with Crippen molar-refractivity contribution in [2.24, 2.45) is 0 Å². The SMILES string of the molecule is O=C1COc2ccc(N3C[C@@H](CNC[C@H]4Cn5c(=O)ccc6cccc4c65)OC3=O)cc2N1. The number of carbonyl (C=O) groups is 2. The van der Waals surface area contributed by atoms with Crippen LogP contribution in [0.3, 0.4) is 0 Å². The number of rotatable bonds is 5. The Balaban J connectivity index is 1.10. The summed E-state index contributed by atoms with van der Waals surface area (Å²) in [7, 11) is 0. The van der Waals surface area contributed by atoms with Crippen molar-refractivity contribution in [3.8, 4) is 5.75 Å². The largest absolute Gasteiger partial charge is 0.482 e. The third-order valence-corrected chi connectivity index (χ3v) is 6.43. The molecule has 9 nitrogen and oxygen atoms in total. The van der Waals surface area contributed by atoms with Crippen molar-refractivity contribution in [2.45, 2.75) is 18.6 Å². The molecule has 0 unspecified atom stereocenters. The molecule has 9 heteroatoms. The summed E-state index contributed by atoms with van der Waals surface area (Å²) in [5.74, 6) is 0.537. The average molecular weight is 446 g/mol. The second-order valence-electron chi connectivity index (χ2n) is 8.56. The molecule has 0 aliphatic carbocycles. The van der Waals surface area contributed by atoms with Gasteiger partial charge < -0.3 is 24.7 Å². The molecule has 168 valence electrons. The number of hydrogen-bond donors (Lipinski definition) is 2. The number of ether oxygens (including phenoxy) is 2. The molecule has 2 N–H and O–H groups in total. The first-order valence-corrected chi connectivity index (χ1v) is 10.9. The van der Waals surface area contributed by atoms with Gasteiger partial charge in [0.1, 0.15) is 11.9 Å². The summed E-state index contributed by atoms with van der Waals surface area (Å²) in [5, 5.41) is 7.25. The number of pyridine rings is 1. The second-order valence-corrected chi connectivity index (χ2v) is 8.56. The lowest BCUT2D eigenvalue weighted by Gasteiger charge is -2.20. The fraction of sp³-hybridized carbons (Fsp3) is 0.292. The molecule has 3 aromatic rings. The van der Waals surface area contributed by atoms with Gasteiger partial charge >= 0.3 is 6.09 Å². The Kier molecular flexibility index (Phi) is 4.58. The number of nitrogens with zero attached hydrogens (tertiary/aromatic N) is 2. The van der Waals surface area contributed by atoms with Gasteiger partial charge in [0, 0.05) is 37.3 Å². The number of para-hydroxylation sites is 1. The zero-order valence-electron chi connectivity index (χ0n) is 17.7. The summed E-state index contributed by atoms with van der Waals surface area (Å²) in [6, 6.07) is 14.9. The minimum atomic E-state index is -0.422. The van der Waals surface area contributed by atoms with Crippen molar-refractivity contribution in [3.63, 3.8) is 0 Å². The summed E-state index contributed by atoms with van der Waals surface area (Å²) in [4.78, 5) is 37.9. The van der Waals surface area contributed by atoms with E-state index in [-0.39, 0.29) is 30.1 Å². The molecule has 4 heterocycles. The van der Waals surface area contributed by atoms with E-state index in [1.807, 2.05) is 22.8 Å². The van der Waals surface area contributed by atoms with E-state index in [2.05, 4.69) is 16.7 Å². The van der Waals surface area contributed by atoms with E-state index in [0.717, 1.165) is 10.9 Å². The highest BCUT2D eigenvalue weighted by atomic mass is 16.6. The van der Waals surface area contributed by atoms with Gasteiger partial charge in [-0.15, -0.1) is 0 Å². The van der Waals surface area contributed by atoms with Gasteiger partial charge in [0.05, 0.1) is 17.7 Å². The molecule has 3 aliphatic heterocycles. The van der Waals surface area contributed by atoms with E-state index < -0.39 is 6.09 Å². The monoisotopic (exact) mass is 446 g/mol. The summed E-state index contributed by atoms with van der Waals surface area (Å²) in [5.41, 5.74) is 3.39. The molecule has 3 aliphatic rings. The van der Waals surface area contributed by atoms with Crippen LogP contribution >= 0.6 is 0 Å². The maximum Gasteiger partial charge on any atom is 0.414 e. The summed E-state index contributed by atoms with van der Waals surface area (Å²) >= 11 is 0. The Morgan fingerprint density at radius 2 is 1.94 bits per heavy atom. The van der Waals surface area contributed by atoms with Gasteiger partial charge in [-0.2, -0.15) is 0 Å². The Bertz CT molecular complexity index is 1350. The van der Waals surface area contributed by atoms with E-state index in [1.54, 1.807) is 29.2 Å². The number of benzene rings is 2. The Morgan fingerprint density at radius 3 is 2.85 bits per heavy atom. The van der Waals surface area contributed by atoms with Crippen molar-refractivity contribution < 1.29 is 19.1 Å². The lowest BCUT2D eigenvalue weighted by molar-refractivity contribution is -0.118. The molecule has 6 rings (SSSR count). The van der Waals surface area contributed by atoms with Crippen LogP contribution in [0.25, 0.3) is 10.9 Å². The molecule has 1 fully saturated rings. The first-order valence-electron chi connectivity index (χ1n) is 10.9. The normalized spacial score (nSPS) is 21.0. The molecule has 0 radical (unpaired) electrons. The van der Waals surface area contributed by atoms with Crippen LogP contribution in [0.5, 0.6) is 5.75 Å². The molecule has 0 spiro atoms. The van der Waals surface area contributed by atoms with Gasteiger partial charge in [0.15, 0.2) is 6.61 Å². The van der Waals surface area contributed by atoms with Crippen LogP contribution < -0.4 is 25.8 Å². The van der Waals surface area contributed by atoms with Gasteiger partial charge in [-0.3, -0.25) is 14.5 Å². The topological polar surface area (TPSA) is 102 Å². The predicted molar refractivity (Wildman–Crippen MR) is 122 cm³/mol. The highest BCUT2D eigenvalue weighted by Crippen LogP contribution is 2.34. The van der Waals surface area contributed by atoms with Crippen molar-refractivity contribution in [2.75, 3.05) is 36.5 Å². The van der Waals surface area contributed by atoms with Gasteiger partial charge in [-0.05, 0) is 35.2 Å². The highest BCUT2D eigenvalue weighted by molar-refractivity contribution is 5.97. The summed E-state index contributed by atoms with van der Waals surface area (Å²) in [6.45, 7) is 2.21. The van der Waals surface area contributed by atoms with Crippen molar-refractivity contribution in [1.29, 1.82) is 0 Å². The van der Waals surface area contributed by atoms with Crippen LogP contribution in [0.1, 0.15) is 11.5 Å². The van der Waals surface area contributed by atoms with Crippen LogP contribution in [0.2, 0.25) is 0 Å². The molecular weight excluding hydrogens is 424 g/mol. The van der Waals surface area contributed by atoms with E-state index >= 15 is 0 Å². The smallest absolute Gasteiger partial charge is 0.414 e. The molecule has 2 aromatic carbocycles. The van der Waals surface area contributed by atoms with Gasteiger partial charge in [-0.25, -0.2) is 4.79 Å². The molecule has 1 saturated heterocycles. The summed E-state index contributed by atoms with van der Waals surface area (Å²) < 4.78 is 12.8. The summed E-state index contributed by atoms with van der Waals surface area (Å²) in [6.07, 6.45) is -0.726. The number of amides is 2. The van der Waals surface area contributed by atoms with E-state index in [4.69, 9.17) is 9.47 Å². The van der Waals surface area contributed by atoms with Crippen LogP contribution in [0, 0.1) is 0 Å². The van der Waals surface area contributed by atoms with Crippen molar-refractivity contribution >= 4 is 34.3 Å². The number of carbonyl (C=O) groups excluding carboxylic acids is 2. The Labute approximate surface area is 188 Å². The van der Waals surface area contributed by atoms with Crippen LogP contribution in [0.4, 0.5) is 16.2 Å². The van der Waals surface area contributed by atoms with E-state index in [9.17, 15) is 14.4 Å². The minimum absolute atomic E-state index is 0.0128. The number of nitrogens with one attached hydrogen (secondary N) is 2. The Morgan fingerprint density at radius 1 is 1.03 bits per heavy atom. The molecule has 2 amide bonds. The van der Waals surface area contributed by atoms with Crippen LogP contribution in [-0.4, -0.2) is 48.9 Å². The average Bonchev–Trinajstić information content (AvgIpc) is 3.38. The molecule has 2 atom stereocenters. The number of hydrogen-bond acceptors (Lipinski definition) is 6. The standard InChI is InChI=1S/C24H22N4O5/c29-21-13-32-20-6-5-16(8-19(20)26-21)27-12-17(33-24(27)31)10-25-9-15-11-28-22(30)7-4-14-2-1-3-18(15)23(14)28/h1-8,15,17,25H,9-13H2,(H,26,29)/t15-,17+/m0/s1. The number of fused-ring (bicyclic) bond motifs is 1. The quantitative estimate of drug-likeness (QED) is 0.622. The maximum absolute atomic E-state index is 12.5. The molecule has 1 aromatic heterocycles. The lowest BCUT2D eigenvalue weighted by atomic mass is 10.00. The van der Waals surface area contributed by atoms with Crippen LogP contribution in [0.15, 0.2) is 53.3 Å². The first-order chi connectivity index (χ1) is 16.1. The maximum atomic E-state index is 12.5. The zero-order valence-corrected chi connectivity index (χ0v) is 17.7. The predicted octanol–water partition coefficient (Wildman–Crippen LogP) is 2.04. The molecule has 33 heavy (non-hydrogen) atoms. The van der Waals surface area contributed by atoms with E-state index in [0.29, 0.717) is 43.3 Å². The Hall–Kier alpha value is -3.85. The molecular formula is C24H22N4O5. The first kappa shape index (κ1) is 19.8. The fourth-order valence-corrected chi connectivity index (χ4v) is 4.89. The third kappa shape index (κ3) is 3.41. The molecule has 0 bridgehead atoms. The third-order valence-electron chi connectivity index (χ3n) is 6.43. The van der Waals surface area contributed by atoms with Gasteiger partial charge in [0.25, 0.3) is 11.5 Å².